The van der Waals surface area contributed by atoms with Crippen molar-refractivity contribution in [2.75, 3.05) is 0 Å². The number of aromatic nitrogens is 3. The Morgan fingerprint density at radius 1 is 0.864 bits per heavy atom. The van der Waals surface area contributed by atoms with E-state index in [1.54, 1.807) is 6.07 Å². The van der Waals surface area contributed by atoms with E-state index in [9.17, 15) is 4.39 Å². The molecule has 106 valence electrons. The quantitative estimate of drug-likeness (QED) is 0.545. The van der Waals surface area contributed by atoms with Crippen molar-refractivity contribution in [1.82, 2.24) is 14.3 Å². The second kappa shape index (κ2) is 5.27. The van der Waals surface area contributed by atoms with Crippen LogP contribution in [0.25, 0.3) is 33.0 Å². The first kappa shape index (κ1) is 13.0. The van der Waals surface area contributed by atoms with E-state index in [4.69, 9.17) is 0 Å². The first-order valence-electron chi connectivity index (χ1n) is 6.75. The fraction of sp³-hybridized carbons (Fsp3) is 0. The van der Waals surface area contributed by atoms with E-state index >= 15 is 0 Å². The van der Waals surface area contributed by atoms with Crippen LogP contribution in [0.1, 0.15) is 0 Å². The molecule has 0 aliphatic rings. The van der Waals surface area contributed by atoms with Crippen LogP contribution in [-0.2, 0) is 0 Å². The Kier molecular flexibility index (Phi) is 3.12. The van der Waals surface area contributed by atoms with Crippen LogP contribution >= 0.6 is 11.5 Å². The van der Waals surface area contributed by atoms with Gasteiger partial charge >= 0.3 is 0 Å². The summed E-state index contributed by atoms with van der Waals surface area (Å²) >= 11 is 1.29. The second-order valence-corrected chi connectivity index (χ2v) is 5.57. The molecule has 0 aliphatic carbocycles. The lowest BCUT2D eigenvalue weighted by molar-refractivity contribution is 0.629. The molecule has 0 unspecified atom stereocenters. The van der Waals surface area contributed by atoms with Gasteiger partial charge in [0.15, 0.2) is 10.8 Å². The molecule has 0 saturated carbocycles. The summed E-state index contributed by atoms with van der Waals surface area (Å²) in [5, 5.41) is 1.63. The van der Waals surface area contributed by atoms with Crippen LogP contribution in [-0.4, -0.2) is 14.3 Å². The fourth-order valence-electron chi connectivity index (χ4n) is 2.24. The average molecular weight is 307 g/mol. The standard InChI is InChI=1S/C17H10FN3S/c18-13-8-6-11-7-9-14(19-15(11)10-13)17-20-16(21-22-17)12-4-2-1-3-5-12/h1-10H. The van der Waals surface area contributed by atoms with Gasteiger partial charge in [-0.15, -0.1) is 0 Å². The van der Waals surface area contributed by atoms with Crippen LogP contribution in [0.15, 0.2) is 60.7 Å². The third kappa shape index (κ3) is 2.35. The van der Waals surface area contributed by atoms with E-state index in [2.05, 4.69) is 14.3 Å². The molecule has 0 radical (unpaired) electrons. The Morgan fingerprint density at radius 3 is 2.55 bits per heavy atom. The molecule has 2 aromatic heterocycles. The predicted molar refractivity (Wildman–Crippen MR) is 86.0 cm³/mol. The van der Waals surface area contributed by atoms with Gasteiger partial charge in [-0.3, -0.25) is 0 Å². The number of pyridine rings is 1. The molecule has 3 nitrogen and oxygen atoms in total. The highest BCUT2D eigenvalue weighted by atomic mass is 32.1. The van der Waals surface area contributed by atoms with Gasteiger partial charge < -0.3 is 0 Å². The minimum absolute atomic E-state index is 0.292. The van der Waals surface area contributed by atoms with Crippen LogP contribution in [0.2, 0.25) is 0 Å². The Balaban J connectivity index is 1.77. The Bertz CT molecular complexity index is 950. The van der Waals surface area contributed by atoms with Gasteiger partial charge in [0.2, 0.25) is 0 Å². The first-order chi connectivity index (χ1) is 10.8. The minimum Gasteiger partial charge on any atom is -0.245 e. The molecule has 0 aliphatic heterocycles. The molecular weight excluding hydrogens is 297 g/mol. The number of halogens is 1. The molecule has 0 amide bonds. The van der Waals surface area contributed by atoms with E-state index in [1.165, 1.54) is 23.7 Å². The van der Waals surface area contributed by atoms with Gasteiger partial charge in [-0.2, -0.15) is 4.37 Å². The van der Waals surface area contributed by atoms with Crippen molar-refractivity contribution in [3.63, 3.8) is 0 Å². The zero-order valence-electron chi connectivity index (χ0n) is 11.4. The molecule has 4 rings (SSSR count). The Hall–Kier alpha value is -2.66. The third-order valence-corrected chi connectivity index (χ3v) is 4.07. The Labute approximate surface area is 130 Å². The SMILES string of the molecule is Fc1ccc2ccc(-c3nc(-c4ccccc4)ns3)nc2c1. The normalized spacial score (nSPS) is 11.0. The van der Waals surface area contributed by atoms with Crippen molar-refractivity contribution >= 4 is 22.4 Å². The average Bonchev–Trinajstić information content (AvgIpc) is 3.05. The van der Waals surface area contributed by atoms with Gasteiger partial charge in [-0.05, 0) is 29.7 Å². The number of rotatable bonds is 2. The lowest BCUT2D eigenvalue weighted by Gasteiger charge is -2.00. The van der Waals surface area contributed by atoms with Gasteiger partial charge in [-0.25, -0.2) is 14.4 Å². The molecule has 22 heavy (non-hydrogen) atoms. The Morgan fingerprint density at radius 2 is 1.68 bits per heavy atom. The summed E-state index contributed by atoms with van der Waals surface area (Å²) in [6.45, 7) is 0. The van der Waals surface area contributed by atoms with Gasteiger partial charge in [-0.1, -0.05) is 36.4 Å². The molecule has 2 aromatic carbocycles. The van der Waals surface area contributed by atoms with Crippen molar-refractivity contribution in [1.29, 1.82) is 0 Å². The predicted octanol–water partition coefficient (Wildman–Crippen LogP) is 4.56. The topological polar surface area (TPSA) is 38.7 Å². The minimum atomic E-state index is -0.292. The molecule has 0 spiro atoms. The van der Waals surface area contributed by atoms with Gasteiger partial charge in [0.25, 0.3) is 0 Å². The molecule has 0 atom stereocenters. The summed E-state index contributed by atoms with van der Waals surface area (Å²) in [7, 11) is 0. The first-order valence-corrected chi connectivity index (χ1v) is 7.53. The maximum atomic E-state index is 13.3. The molecule has 0 fully saturated rings. The van der Waals surface area contributed by atoms with Crippen molar-refractivity contribution in [2.45, 2.75) is 0 Å². The van der Waals surface area contributed by atoms with E-state index in [1.807, 2.05) is 42.5 Å². The maximum Gasteiger partial charge on any atom is 0.173 e. The summed E-state index contributed by atoms with van der Waals surface area (Å²) in [4.78, 5) is 9.01. The largest absolute Gasteiger partial charge is 0.245 e. The summed E-state index contributed by atoms with van der Waals surface area (Å²) in [6, 6.07) is 18.2. The molecule has 0 saturated heterocycles. The molecule has 2 heterocycles. The zero-order chi connectivity index (χ0) is 14.9. The van der Waals surface area contributed by atoms with Crippen LogP contribution in [0.3, 0.4) is 0 Å². The van der Waals surface area contributed by atoms with Crippen LogP contribution in [0.4, 0.5) is 4.39 Å². The van der Waals surface area contributed by atoms with Gasteiger partial charge in [0, 0.05) is 17.0 Å². The summed E-state index contributed by atoms with van der Waals surface area (Å²) in [6.07, 6.45) is 0. The molecule has 5 heteroatoms. The highest BCUT2D eigenvalue weighted by Crippen LogP contribution is 2.26. The van der Waals surface area contributed by atoms with Crippen molar-refractivity contribution < 1.29 is 4.39 Å². The molecule has 4 aromatic rings. The van der Waals surface area contributed by atoms with Crippen LogP contribution in [0.5, 0.6) is 0 Å². The lowest BCUT2D eigenvalue weighted by Crippen LogP contribution is -1.86. The summed E-state index contributed by atoms with van der Waals surface area (Å²) in [5.41, 5.74) is 2.29. The highest BCUT2D eigenvalue weighted by Gasteiger charge is 2.10. The molecular formula is C17H10FN3S. The summed E-state index contributed by atoms with van der Waals surface area (Å²) < 4.78 is 17.7. The van der Waals surface area contributed by atoms with E-state index in [0.717, 1.165) is 16.0 Å². The zero-order valence-corrected chi connectivity index (χ0v) is 12.2. The summed E-state index contributed by atoms with van der Waals surface area (Å²) in [5.74, 6) is 0.390. The molecule has 0 N–H and O–H groups in total. The van der Waals surface area contributed by atoms with Crippen molar-refractivity contribution in [3.8, 4) is 22.1 Å². The van der Waals surface area contributed by atoms with E-state index in [0.29, 0.717) is 17.0 Å². The van der Waals surface area contributed by atoms with Gasteiger partial charge in [0.05, 0.1) is 5.52 Å². The number of benzene rings is 2. The monoisotopic (exact) mass is 307 g/mol. The fourth-order valence-corrected chi connectivity index (χ4v) is 2.90. The third-order valence-electron chi connectivity index (χ3n) is 3.33. The number of nitrogens with zero attached hydrogens (tertiary/aromatic N) is 3. The smallest absolute Gasteiger partial charge is 0.173 e. The number of hydrogen-bond acceptors (Lipinski definition) is 4. The van der Waals surface area contributed by atoms with Crippen LogP contribution in [0, 0.1) is 5.82 Å². The van der Waals surface area contributed by atoms with Crippen molar-refractivity contribution in [3.05, 3.63) is 66.5 Å². The van der Waals surface area contributed by atoms with E-state index in [-0.39, 0.29) is 5.82 Å². The lowest BCUT2D eigenvalue weighted by atomic mass is 10.2. The van der Waals surface area contributed by atoms with Crippen LogP contribution < -0.4 is 0 Å². The van der Waals surface area contributed by atoms with Crippen molar-refractivity contribution in [2.24, 2.45) is 0 Å². The maximum absolute atomic E-state index is 13.3. The number of hydrogen-bond donors (Lipinski definition) is 0. The number of fused-ring (bicyclic) bond motifs is 1. The van der Waals surface area contributed by atoms with Gasteiger partial charge in [0.1, 0.15) is 11.5 Å². The molecule has 0 bridgehead atoms. The highest BCUT2D eigenvalue weighted by molar-refractivity contribution is 7.09. The van der Waals surface area contributed by atoms with E-state index < -0.39 is 0 Å². The second-order valence-electron chi connectivity index (χ2n) is 4.82.